The molecule has 1 aromatic rings. The van der Waals surface area contributed by atoms with Crippen molar-refractivity contribution < 1.29 is 4.79 Å². The van der Waals surface area contributed by atoms with E-state index in [2.05, 4.69) is 59.1 Å². The second-order valence-corrected chi connectivity index (χ2v) is 7.25. The molecule has 1 amide bonds. The number of hydrogen-bond acceptors (Lipinski definition) is 5. The first-order valence-electron chi connectivity index (χ1n) is 10.3. The third-order valence-corrected chi connectivity index (χ3v) is 4.99. The summed E-state index contributed by atoms with van der Waals surface area (Å²) in [5.74, 6) is 5.39. The fraction of sp³-hybridized carbons (Fsp3) is 0.409. The minimum atomic E-state index is -0.384. The van der Waals surface area contributed by atoms with Gasteiger partial charge in [0.05, 0.1) is 0 Å². The van der Waals surface area contributed by atoms with Gasteiger partial charge in [0, 0.05) is 43.0 Å². The van der Waals surface area contributed by atoms with Crippen LogP contribution in [0.5, 0.6) is 0 Å². The molecule has 1 unspecified atom stereocenters. The van der Waals surface area contributed by atoms with Gasteiger partial charge in [-0.3, -0.25) is 4.79 Å². The summed E-state index contributed by atoms with van der Waals surface area (Å²) in [4.78, 5) is 15.1. The Morgan fingerprint density at radius 2 is 2.07 bits per heavy atom. The van der Waals surface area contributed by atoms with E-state index in [4.69, 9.17) is 5.84 Å². The van der Waals surface area contributed by atoms with Gasteiger partial charge in [-0.1, -0.05) is 43.4 Å². The molecule has 7 heteroatoms. The van der Waals surface area contributed by atoms with Gasteiger partial charge in [-0.25, -0.2) is 0 Å². The average Bonchev–Trinajstić information content (AvgIpc) is 2.92. The molecule has 29 heavy (non-hydrogen) atoms. The van der Waals surface area contributed by atoms with Crippen molar-refractivity contribution in [1.82, 2.24) is 10.2 Å². The number of nitrogens with two attached hydrogens (primary N) is 1. The molecule has 0 radical (unpaired) electrons. The quantitative estimate of drug-likeness (QED) is 0.373. The summed E-state index contributed by atoms with van der Waals surface area (Å²) in [6.07, 6.45) is 10.1. The van der Waals surface area contributed by atoms with Crippen LogP contribution < -0.4 is 16.5 Å². The topological polar surface area (TPSA) is 95.1 Å². The van der Waals surface area contributed by atoms with Gasteiger partial charge in [-0.15, -0.1) is 5.11 Å². The summed E-state index contributed by atoms with van der Waals surface area (Å²) in [6, 6.07) is 6.18. The fourth-order valence-electron chi connectivity index (χ4n) is 3.68. The van der Waals surface area contributed by atoms with E-state index in [-0.39, 0.29) is 12.1 Å². The molecule has 154 valence electrons. The van der Waals surface area contributed by atoms with Crippen molar-refractivity contribution in [2.45, 2.75) is 39.3 Å². The standard InChI is InChI=1S/C22H30N6O/c1-3-11-28(12-4-2)22(29)18-13-16-8-9-17(19-7-5-6-10-24-19)14-20(16)25-21(15-18)26-27-23/h5-9,13-14,21,24-25H,3-4,10-12,15H2,1-2H3,(H2,23,26). The lowest BCUT2D eigenvalue weighted by Crippen LogP contribution is -2.34. The number of nitrogens with one attached hydrogen (secondary N) is 2. The molecule has 0 aliphatic carbocycles. The van der Waals surface area contributed by atoms with E-state index in [0.29, 0.717) is 6.42 Å². The molecule has 0 aromatic heterocycles. The van der Waals surface area contributed by atoms with E-state index in [1.807, 2.05) is 23.1 Å². The second-order valence-electron chi connectivity index (χ2n) is 7.25. The van der Waals surface area contributed by atoms with Crippen molar-refractivity contribution in [2.75, 3.05) is 25.0 Å². The molecule has 0 bridgehead atoms. The minimum absolute atomic E-state index is 0.0615. The van der Waals surface area contributed by atoms with Crippen LogP contribution in [0.1, 0.15) is 44.2 Å². The van der Waals surface area contributed by atoms with Crippen LogP contribution in [-0.4, -0.2) is 36.6 Å². The first kappa shape index (κ1) is 20.6. The molecule has 4 N–H and O–H groups in total. The molecule has 2 aliphatic rings. The minimum Gasteiger partial charge on any atom is -0.381 e. The highest BCUT2D eigenvalue weighted by Crippen LogP contribution is 2.30. The maximum absolute atomic E-state index is 13.2. The monoisotopic (exact) mass is 394 g/mol. The Bertz CT molecular complexity index is 849. The van der Waals surface area contributed by atoms with Crippen molar-refractivity contribution in [3.63, 3.8) is 0 Å². The van der Waals surface area contributed by atoms with Gasteiger partial charge in [0.25, 0.3) is 0 Å². The molecule has 2 aliphatic heterocycles. The number of anilines is 1. The molecule has 2 heterocycles. The first-order valence-corrected chi connectivity index (χ1v) is 10.3. The highest BCUT2D eigenvalue weighted by atomic mass is 16.2. The van der Waals surface area contributed by atoms with Crippen molar-refractivity contribution in [1.29, 1.82) is 0 Å². The van der Waals surface area contributed by atoms with Gasteiger partial charge < -0.3 is 21.4 Å². The van der Waals surface area contributed by atoms with Crippen LogP contribution in [0, 0.1) is 0 Å². The molecular weight excluding hydrogens is 364 g/mol. The van der Waals surface area contributed by atoms with E-state index in [1.165, 1.54) is 0 Å². The van der Waals surface area contributed by atoms with Crippen LogP contribution in [0.15, 0.2) is 52.3 Å². The van der Waals surface area contributed by atoms with Crippen LogP contribution >= 0.6 is 0 Å². The van der Waals surface area contributed by atoms with Crippen LogP contribution in [0.25, 0.3) is 11.8 Å². The van der Waals surface area contributed by atoms with Gasteiger partial charge >= 0.3 is 0 Å². The Morgan fingerprint density at radius 3 is 2.72 bits per heavy atom. The number of amides is 1. The number of carbonyl (C=O) groups excluding carboxylic acids is 1. The van der Waals surface area contributed by atoms with Crippen LogP contribution in [-0.2, 0) is 4.79 Å². The zero-order valence-corrected chi connectivity index (χ0v) is 17.2. The van der Waals surface area contributed by atoms with E-state index >= 15 is 0 Å². The zero-order valence-electron chi connectivity index (χ0n) is 17.2. The van der Waals surface area contributed by atoms with Gasteiger partial charge in [-0.2, -0.15) is 0 Å². The van der Waals surface area contributed by atoms with E-state index in [0.717, 1.165) is 60.6 Å². The predicted molar refractivity (Wildman–Crippen MR) is 118 cm³/mol. The summed E-state index contributed by atoms with van der Waals surface area (Å²) in [7, 11) is 0. The van der Waals surface area contributed by atoms with Crippen molar-refractivity contribution in [3.05, 3.63) is 53.1 Å². The summed E-state index contributed by atoms with van der Waals surface area (Å²) >= 11 is 0. The summed E-state index contributed by atoms with van der Waals surface area (Å²) in [5, 5.41) is 14.3. The number of dihydropyridines is 1. The number of fused-ring (bicyclic) bond motifs is 1. The van der Waals surface area contributed by atoms with E-state index < -0.39 is 0 Å². The first-order chi connectivity index (χ1) is 14.2. The molecule has 0 fully saturated rings. The van der Waals surface area contributed by atoms with Crippen molar-refractivity contribution in [2.24, 2.45) is 16.2 Å². The number of hydrogen-bond donors (Lipinski definition) is 3. The van der Waals surface area contributed by atoms with Gasteiger partial charge in [0.1, 0.15) is 6.17 Å². The summed E-state index contributed by atoms with van der Waals surface area (Å²) in [6.45, 7) is 6.48. The molecule has 1 atom stereocenters. The number of allylic oxidation sites excluding steroid dienone is 2. The molecule has 0 spiro atoms. The lowest BCUT2D eigenvalue weighted by molar-refractivity contribution is -0.127. The van der Waals surface area contributed by atoms with E-state index in [9.17, 15) is 4.79 Å². The lowest BCUT2D eigenvalue weighted by atomic mass is 10.0. The number of benzene rings is 1. The number of nitrogens with zero attached hydrogens (tertiary/aromatic N) is 3. The molecule has 1 aromatic carbocycles. The van der Waals surface area contributed by atoms with Crippen LogP contribution in [0.4, 0.5) is 5.69 Å². The van der Waals surface area contributed by atoms with Gasteiger partial charge in [-0.05, 0) is 42.2 Å². The van der Waals surface area contributed by atoms with E-state index in [1.54, 1.807) is 0 Å². The largest absolute Gasteiger partial charge is 0.381 e. The van der Waals surface area contributed by atoms with Crippen LogP contribution in [0.3, 0.4) is 0 Å². The Kier molecular flexibility index (Phi) is 7.05. The smallest absolute Gasteiger partial charge is 0.249 e. The maximum Gasteiger partial charge on any atom is 0.249 e. The fourth-order valence-corrected chi connectivity index (χ4v) is 3.68. The molecular formula is C22H30N6O. The third kappa shape index (κ3) is 5.04. The Hall–Kier alpha value is -3.09. The Balaban J connectivity index is 1.96. The van der Waals surface area contributed by atoms with Crippen molar-refractivity contribution >= 4 is 23.4 Å². The summed E-state index contributed by atoms with van der Waals surface area (Å²) in [5.41, 5.74) is 4.74. The number of rotatable bonds is 7. The number of carbonyl (C=O) groups is 1. The second kappa shape index (κ2) is 9.91. The maximum atomic E-state index is 13.2. The third-order valence-electron chi connectivity index (χ3n) is 4.99. The highest BCUT2D eigenvalue weighted by molar-refractivity contribution is 5.99. The van der Waals surface area contributed by atoms with Gasteiger partial charge in [0.15, 0.2) is 0 Å². The average molecular weight is 395 g/mol. The predicted octanol–water partition coefficient (Wildman–Crippen LogP) is 3.69. The Morgan fingerprint density at radius 1 is 1.28 bits per heavy atom. The Labute approximate surface area is 172 Å². The summed E-state index contributed by atoms with van der Waals surface area (Å²) < 4.78 is 0. The zero-order chi connectivity index (χ0) is 20.6. The molecule has 3 rings (SSSR count). The highest BCUT2D eigenvalue weighted by Gasteiger charge is 2.24. The SMILES string of the molecule is CCCN(CCC)C(=O)C1=Cc2ccc(C3=CC=CCN3)cc2NC(N=NN)C1. The molecule has 7 nitrogen and oxygen atoms in total. The molecule has 0 saturated heterocycles. The lowest BCUT2D eigenvalue weighted by Gasteiger charge is -2.23. The van der Waals surface area contributed by atoms with Crippen LogP contribution in [0.2, 0.25) is 0 Å². The van der Waals surface area contributed by atoms with Crippen molar-refractivity contribution in [3.8, 4) is 0 Å². The molecule has 0 saturated carbocycles. The normalized spacial score (nSPS) is 18.2. The van der Waals surface area contributed by atoms with Gasteiger partial charge in [0.2, 0.25) is 5.91 Å².